The number of hydrogen-bond acceptors (Lipinski definition) is 11. The number of aromatic amines is 1. The first-order valence-corrected chi connectivity index (χ1v) is 8.77. The van der Waals surface area contributed by atoms with E-state index < -0.39 is 41.0 Å². The average molecular weight is 406 g/mol. The Morgan fingerprint density at radius 2 is 2.07 bits per heavy atom. The summed E-state index contributed by atoms with van der Waals surface area (Å²) in [5, 5.41) is 23.5. The average Bonchev–Trinajstić information content (AvgIpc) is 3.23. The highest BCUT2D eigenvalue weighted by atomic mass is 16.6. The van der Waals surface area contributed by atoms with E-state index in [1.165, 1.54) is 10.9 Å². The van der Waals surface area contributed by atoms with Crippen LogP contribution in [0, 0.1) is 0 Å². The predicted octanol–water partition coefficient (Wildman–Crippen LogP) is -2.57. The molecule has 4 atom stereocenters. The minimum Gasteiger partial charge on any atom is -0.488 e. The van der Waals surface area contributed by atoms with E-state index in [4.69, 9.17) is 15.2 Å². The Kier molecular flexibility index (Phi) is 4.56. The van der Waals surface area contributed by atoms with Crippen LogP contribution in [0.15, 0.2) is 20.7 Å². The van der Waals surface area contributed by atoms with Gasteiger partial charge in [0.2, 0.25) is 5.95 Å². The largest absolute Gasteiger partial charge is 0.488 e. The van der Waals surface area contributed by atoms with E-state index in [0.29, 0.717) is 0 Å². The molecule has 0 radical (unpaired) electrons. The third-order valence-electron chi connectivity index (χ3n) is 4.70. The summed E-state index contributed by atoms with van der Waals surface area (Å²) in [5.41, 5.74) is 3.63. The zero-order chi connectivity index (χ0) is 20.9. The van der Waals surface area contributed by atoms with E-state index in [9.17, 15) is 24.6 Å². The summed E-state index contributed by atoms with van der Waals surface area (Å²) in [7, 11) is 0. The molecule has 29 heavy (non-hydrogen) atoms. The molecule has 0 spiro atoms. The second-order valence-electron chi connectivity index (χ2n) is 6.50. The molecule has 3 aromatic rings. The van der Waals surface area contributed by atoms with Gasteiger partial charge in [-0.2, -0.15) is 4.98 Å². The Morgan fingerprint density at radius 1 is 1.31 bits per heavy atom. The van der Waals surface area contributed by atoms with Crippen molar-refractivity contribution in [3.05, 3.63) is 37.1 Å². The Hall–Kier alpha value is -3.29. The second-order valence-corrected chi connectivity index (χ2v) is 6.50. The van der Waals surface area contributed by atoms with Crippen molar-refractivity contribution in [1.82, 2.24) is 19.5 Å². The van der Waals surface area contributed by atoms with Crippen LogP contribution in [0.3, 0.4) is 0 Å². The normalized spacial score (nSPS) is 24.4. The highest BCUT2D eigenvalue weighted by Crippen LogP contribution is 2.31. The third kappa shape index (κ3) is 2.95. The summed E-state index contributed by atoms with van der Waals surface area (Å²) in [6.45, 7) is 1.81. The quantitative estimate of drug-likeness (QED) is 0.270. The van der Waals surface area contributed by atoms with Crippen molar-refractivity contribution in [2.24, 2.45) is 0 Å². The van der Waals surface area contributed by atoms with Gasteiger partial charge in [-0.1, -0.05) is 0 Å². The number of nitrogens with two attached hydrogens (primary N) is 1. The highest BCUT2D eigenvalue weighted by Gasteiger charge is 2.44. The second kappa shape index (κ2) is 6.95. The van der Waals surface area contributed by atoms with Gasteiger partial charge < -0.3 is 30.7 Å². The zero-order valence-corrected chi connectivity index (χ0v) is 15.2. The number of rotatable bonds is 6. The van der Waals surface area contributed by atoms with Crippen LogP contribution >= 0.6 is 0 Å². The molecule has 13 heteroatoms. The Labute approximate surface area is 161 Å². The van der Waals surface area contributed by atoms with E-state index in [1.807, 2.05) is 0 Å². The molecule has 1 saturated heterocycles. The number of anilines is 2. The number of nitrogens with one attached hydrogen (secondary N) is 2. The SMILES string of the molecule is CCOc1c(NC[C@H]2O[C@@H](n3cnc4c(=O)[nH]c(N)nc43)[C@H](O)[C@H]2O)c(=O)c1=O. The summed E-state index contributed by atoms with van der Waals surface area (Å²) in [5.74, 6) is -0.208. The minimum atomic E-state index is -1.37. The number of nitrogen functional groups attached to an aromatic ring is 1. The number of ether oxygens (including phenoxy) is 2. The fraction of sp³-hybridized carbons (Fsp3) is 0.438. The molecular weight excluding hydrogens is 388 g/mol. The number of fused-ring (bicyclic) bond motifs is 1. The van der Waals surface area contributed by atoms with Crippen LogP contribution in [-0.4, -0.2) is 61.2 Å². The van der Waals surface area contributed by atoms with Crippen LogP contribution in [0.5, 0.6) is 5.75 Å². The molecule has 0 unspecified atom stereocenters. The lowest BCUT2D eigenvalue weighted by atomic mass is 10.1. The Balaban J connectivity index is 1.55. The van der Waals surface area contributed by atoms with Crippen molar-refractivity contribution < 1.29 is 19.7 Å². The summed E-state index contributed by atoms with van der Waals surface area (Å²) in [6, 6.07) is 0. The van der Waals surface area contributed by atoms with Crippen molar-refractivity contribution in [3.8, 4) is 5.75 Å². The summed E-state index contributed by atoms with van der Waals surface area (Å²) in [4.78, 5) is 45.4. The maximum Gasteiger partial charge on any atom is 0.280 e. The number of aliphatic hydroxyl groups excluding tert-OH is 2. The summed E-state index contributed by atoms with van der Waals surface area (Å²) >= 11 is 0. The Morgan fingerprint density at radius 3 is 2.79 bits per heavy atom. The zero-order valence-electron chi connectivity index (χ0n) is 15.2. The fourth-order valence-corrected chi connectivity index (χ4v) is 3.27. The van der Waals surface area contributed by atoms with Gasteiger partial charge >= 0.3 is 0 Å². The minimum absolute atomic E-state index is 0.000329. The molecule has 0 bridgehead atoms. The van der Waals surface area contributed by atoms with Crippen molar-refractivity contribution in [3.63, 3.8) is 0 Å². The molecular formula is C16H18N6O7. The number of aliphatic hydroxyl groups is 2. The van der Waals surface area contributed by atoms with E-state index >= 15 is 0 Å². The van der Waals surface area contributed by atoms with Crippen LogP contribution in [0.2, 0.25) is 0 Å². The molecule has 0 saturated carbocycles. The lowest BCUT2D eigenvalue weighted by Crippen LogP contribution is -2.40. The van der Waals surface area contributed by atoms with E-state index in [2.05, 4.69) is 20.3 Å². The molecule has 2 aromatic heterocycles. The van der Waals surface area contributed by atoms with E-state index in [-0.39, 0.29) is 41.7 Å². The van der Waals surface area contributed by atoms with Gasteiger partial charge in [-0.3, -0.25) is 23.9 Å². The maximum absolute atomic E-state index is 11.9. The molecule has 1 aliphatic heterocycles. The lowest BCUT2D eigenvalue weighted by molar-refractivity contribution is -0.0312. The number of hydrogen-bond donors (Lipinski definition) is 5. The van der Waals surface area contributed by atoms with E-state index in [1.54, 1.807) is 6.92 Å². The van der Waals surface area contributed by atoms with Crippen molar-refractivity contribution in [2.75, 3.05) is 24.2 Å². The molecule has 0 amide bonds. The summed E-state index contributed by atoms with van der Waals surface area (Å²) in [6.07, 6.45) is -3.50. The number of nitrogens with zero attached hydrogens (tertiary/aromatic N) is 3. The van der Waals surface area contributed by atoms with Crippen LogP contribution in [0.1, 0.15) is 13.2 Å². The van der Waals surface area contributed by atoms with Crippen LogP contribution < -0.4 is 32.2 Å². The van der Waals surface area contributed by atoms with Gasteiger partial charge in [0.1, 0.15) is 24.0 Å². The van der Waals surface area contributed by atoms with Crippen molar-refractivity contribution in [1.29, 1.82) is 0 Å². The fourth-order valence-electron chi connectivity index (χ4n) is 3.27. The lowest BCUT2D eigenvalue weighted by Gasteiger charge is -2.18. The Bertz CT molecular complexity index is 1190. The highest BCUT2D eigenvalue weighted by molar-refractivity contribution is 5.70. The van der Waals surface area contributed by atoms with Gasteiger partial charge in [0, 0.05) is 6.54 Å². The monoisotopic (exact) mass is 406 g/mol. The van der Waals surface area contributed by atoms with Crippen LogP contribution in [0.4, 0.5) is 11.6 Å². The molecule has 0 aliphatic carbocycles. The maximum atomic E-state index is 11.9. The third-order valence-corrected chi connectivity index (χ3v) is 4.70. The van der Waals surface area contributed by atoms with Gasteiger partial charge in [-0.15, -0.1) is 0 Å². The van der Waals surface area contributed by atoms with Gasteiger partial charge in [0.05, 0.1) is 12.9 Å². The molecule has 1 aromatic carbocycles. The van der Waals surface area contributed by atoms with Gasteiger partial charge in [0.15, 0.2) is 23.1 Å². The molecule has 1 fully saturated rings. The smallest absolute Gasteiger partial charge is 0.280 e. The van der Waals surface area contributed by atoms with Gasteiger partial charge in [-0.05, 0) is 6.92 Å². The van der Waals surface area contributed by atoms with Crippen molar-refractivity contribution in [2.45, 2.75) is 31.5 Å². The van der Waals surface area contributed by atoms with Crippen LogP contribution in [-0.2, 0) is 4.74 Å². The van der Waals surface area contributed by atoms with Crippen LogP contribution in [0.25, 0.3) is 11.2 Å². The summed E-state index contributed by atoms with van der Waals surface area (Å²) < 4.78 is 12.1. The number of H-pyrrole nitrogens is 1. The number of aromatic nitrogens is 4. The standard InChI is InChI=1S/C16H18N6O7/c1-2-28-12-6(9(24)10(12)25)18-3-5-8(23)11(26)15(29-5)22-4-19-7-13(22)20-16(17)21-14(7)27/h4-5,8,11,15,18,23,26H,2-3H2,1H3,(H3,17,20,21,27)/t5-,8+,11-,15-/m1/s1. The van der Waals surface area contributed by atoms with E-state index in [0.717, 1.165) is 0 Å². The van der Waals surface area contributed by atoms with Gasteiger partial charge in [-0.25, -0.2) is 4.98 Å². The molecule has 1 aliphatic rings. The first-order chi connectivity index (χ1) is 13.8. The molecule has 3 heterocycles. The topological polar surface area (TPSA) is 195 Å². The molecule has 13 nitrogen and oxygen atoms in total. The van der Waals surface area contributed by atoms with Gasteiger partial charge in [0.25, 0.3) is 16.4 Å². The molecule has 154 valence electrons. The van der Waals surface area contributed by atoms with Crippen molar-refractivity contribution >= 4 is 22.8 Å². The first-order valence-electron chi connectivity index (χ1n) is 8.77. The number of imidazole rings is 1. The predicted molar refractivity (Wildman–Crippen MR) is 99.5 cm³/mol. The first kappa shape index (κ1) is 19.0. The molecule has 4 rings (SSSR count). The molecule has 6 N–H and O–H groups in total.